The molecule has 3 heterocycles. The second-order valence-corrected chi connectivity index (χ2v) is 12.3. The molecule has 0 N–H and O–H groups in total. The highest BCUT2D eigenvalue weighted by Crippen LogP contribution is 2.40. The van der Waals surface area contributed by atoms with Crippen LogP contribution in [-0.4, -0.2) is 23.9 Å². The van der Waals surface area contributed by atoms with E-state index in [1.54, 1.807) is 55.5 Å². The molecule has 11 heteroatoms. The van der Waals surface area contributed by atoms with Crippen LogP contribution in [0.5, 0.6) is 17.2 Å². The van der Waals surface area contributed by atoms with Crippen LogP contribution in [0, 0.1) is 11.3 Å². The number of halogens is 1. The quantitative estimate of drug-likeness (QED) is 0.192. The van der Waals surface area contributed by atoms with Crippen LogP contribution in [0.15, 0.2) is 106 Å². The summed E-state index contributed by atoms with van der Waals surface area (Å²) >= 11 is 7.61. The van der Waals surface area contributed by atoms with Crippen LogP contribution in [0.3, 0.4) is 0 Å². The molecule has 0 saturated heterocycles. The molecule has 0 radical (unpaired) electrons. The Morgan fingerprint density at radius 3 is 2.62 bits per heavy atom. The minimum absolute atomic E-state index is 0.0760. The zero-order valence-electron chi connectivity index (χ0n) is 25.5. The van der Waals surface area contributed by atoms with Crippen molar-refractivity contribution in [3.63, 3.8) is 0 Å². The van der Waals surface area contributed by atoms with Gasteiger partial charge in [-0.2, -0.15) is 5.26 Å². The van der Waals surface area contributed by atoms with E-state index in [1.165, 1.54) is 15.9 Å². The van der Waals surface area contributed by atoms with Crippen LogP contribution in [0.4, 0.5) is 0 Å². The molecule has 0 spiro atoms. The molecule has 238 valence electrons. The number of nitrogens with zero attached hydrogens (tertiary/aromatic N) is 3. The molecule has 4 aromatic carbocycles. The molecule has 0 aliphatic carbocycles. The lowest BCUT2D eigenvalue weighted by molar-refractivity contribution is -0.138. The van der Waals surface area contributed by atoms with Gasteiger partial charge in [0.2, 0.25) is 6.79 Å². The molecular formula is C37H26ClN3O6S. The monoisotopic (exact) mass is 675 g/mol. The van der Waals surface area contributed by atoms with Gasteiger partial charge in [0, 0.05) is 16.1 Å². The van der Waals surface area contributed by atoms with E-state index in [2.05, 4.69) is 6.07 Å². The highest BCUT2D eigenvalue weighted by molar-refractivity contribution is 7.07. The Bertz CT molecular complexity index is 2310. The molecule has 9 nitrogen and oxygen atoms in total. The number of fused-ring (bicyclic) bond motifs is 2. The van der Waals surface area contributed by atoms with Crippen molar-refractivity contribution >= 4 is 40.7 Å². The van der Waals surface area contributed by atoms with E-state index < -0.39 is 12.0 Å². The lowest BCUT2D eigenvalue weighted by atomic mass is 9.93. The van der Waals surface area contributed by atoms with E-state index in [0.717, 1.165) is 5.56 Å². The third-order valence-corrected chi connectivity index (χ3v) is 9.04. The molecule has 1 aromatic heterocycles. The smallest absolute Gasteiger partial charge is 0.338 e. The summed E-state index contributed by atoms with van der Waals surface area (Å²) in [6.07, 6.45) is 1.72. The molecule has 0 fully saturated rings. The molecule has 1 atom stereocenters. The van der Waals surface area contributed by atoms with Crippen LogP contribution in [0.25, 0.3) is 11.8 Å². The Balaban J connectivity index is 1.39. The molecule has 0 bridgehead atoms. The fourth-order valence-corrected chi connectivity index (χ4v) is 6.75. The first kappa shape index (κ1) is 31.0. The van der Waals surface area contributed by atoms with Gasteiger partial charge in [-0.1, -0.05) is 71.5 Å². The van der Waals surface area contributed by atoms with Gasteiger partial charge >= 0.3 is 5.97 Å². The Morgan fingerprint density at radius 2 is 1.85 bits per heavy atom. The molecule has 2 aliphatic rings. The number of carbonyl (C=O) groups excluding carboxylic acids is 1. The summed E-state index contributed by atoms with van der Waals surface area (Å²) in [6.45, 7) is 2.19. The second kappa shape index (κ2) is 13.2. The first-order valence-electron chi connectivity index (χ1n) is 15.0. The number of rotatable bonds is 8. The minimum Gasteiger partial charge on any atom is -0.488 e. The van der Waals surface area contributed by atoms with E-state index in [0.29, 0.717) is 59.6 Å². The van der Waals surface area contributed by atoms with Crippen LogP contribution < -0.4 is 29.1 Å². The summed E-state index contributed by atoms with van der Waals surface area (Å²) in [6, 6.07) is 28.2. The number of nitriles is 1. The summed E-state index contributed by atoms with van der Waals surface area (Å²) in [7, 11) is 0. The number of esters is 1. The summed E-state index contributed by atoms with van der Waals surface area (Å²) in [5.74, 6) is 1.02. The van der Waals surface area contributed by atoms with Gasteiger partial charge in [-0.25, -0.2) is 9.79 Å². The van der Waals surface area contributed by atoms with Crippen molar-refractivity contribution in [1.29, 1.82) is 5.26 Å². The summed E-state index contributed by atoms with van der Waals surface area (Å²) in [5.41, 5.74) is 3.65. The fourth-order valence-electron chi connectivity index (χ4n) is 5.58. The standard InChI is InChI=1S/C37H26ClN3O6S/c1-2-44-36(43)32-33(24-6-4-3-5-7-24)40-37-41(34(32)25-12-14-29-30(17-25)47-21-46-29)35(42)31(48-37)18-26-16-27(38)13-15-28(26)45-20-23-10-8-22(19-39)9-11-23/h3-18,34H,2,20-21H2,1H3/b31-18+/t34-/m0/s1. The number of hydrogen-bond donors (Lipinski definition) is 0. The van der Waals surface area contributed by atoms with Gasteiger partial charge in [0.15, 0.2) is 16.3 Å². The highest BCUT2D eigenvalue weighted by Gasteiger charge is 2.36. The van der Waals surface area contributed by atoms with Crippen LogP contribution in [0.2, 0.25) is 5.02 Å². The summed E-state index contributed by atoms with van der Waals surface area (Å²) in [5, 5.41) is 9.58. The van der Waals surface area contributed by atoms with Gasteiger partial charge in [0.05, 0.1) is 40.1 Å². The fraction of sp³-hybridized carbons (Fsp3) is 0.135. The van der Waals surface area contributed by atoms with Crippen LogP contribution in [0.1, 0.15) is 40.8 Å². The van der Waals surface area contributed by atoms with Crippen molar-refractivity contribution in [3.8, 4) is 23.3 Å². The zero-order valence-corrected chi connectivity index (χ0v) is 27.1. The molecular weight excluding hydrogens is 650 g/mol. The molecule has 5 aromatic rings. The number of benzene rings is 4. The minimum atomic E-state index is -0.876. The Labute approximate surface area is 283 Å². The van der Waals surface area contributed by atoms with Crippen molar-refractivity contribution in [3.05, 3.63) is 149 Å². The molecule has 0 saturated carbocycles. The van der Waals surface area contributed by atoms with Crippen molar-refractivity contribution in [2.24, 2.45) is 4.99 Å². The number of thiazole rings is 1. The van der Waals surface area contributed by atoms with Crippen molar-refractivity contribution in [2.75, 3.05) is 13.4 Å². The normalized spacial score (nSPS) is 15.0. The topological polar surface area (TPSA) is 112 Å². The van der Waals surface area contributed by atoms with Gasteiger partial charge in [-0.05, 0) is 66.6 Å². The third kappa shape index (κ3) is 5.97. The lowest BCUT2D eigenvalue weighted by Crippen LogP contribution is -2.40. The van der Waals surface area contributed by atoms with Crippen LogP contribution >= 0.6 is 22.9 Å². The average Bonchev–Trinajstić information content (AvgIpc) is 3.71. The third-order valence-electron chi connectivity index (χ3n) is 7.82. The number of carbonyl (C=O) groups is 1. The van der Waals surface area contributed by atoms with Crippen LogP contribution in [-0.2, 0) is 16.1 Å². The lowest BCUT2D eigenvalue weighted by Gasteiger charge is -2.26. The molecule has 2 aliphatic heterocycles. The van der Waals surface area contributed by atoms with E-state index in [9.17, 15) is 9.59 Å². The molecule has 7 rings (SSSR count). The average molecular weight is 676 g/mol. The second-order valence-electron chi connectivity index (χ2n) is 10.8. The number of ether oxygens (including phenoxy) is 4. The number of hydrogen-bond acceptors (Lipinski definition) is 9. The maximum absolute atomic E-state index is 14.4. The Hall–Kier alpha value is -5.63. The van der Waals surface area contributed by atoms with Crippen molar-refractivity contribution in [2.45, 2.75) is 19.6 Å². The van der Waals surface area contributed by atoms with E-state index in [4.69, 9.17) is 40.8 Å². The van der Waals surface area contributed by atoms with E-state index in [1.807, 2.05) is 48.5 Å². The van der Waals surface area contributed by atoms with Crippen molar-refractivity contribution < 1.29 is 23.7 Å². The summed E-state index contributed by atoms with van der Waals surface area (Å²) < 4.78 is 24.8. The van der Waals surface area contributed by atoms with Gasteiger partial charge < -0.3 is 18.9 Å². The largest absolute Gasteiger partial charge is 0.488 e. The summed E-state index contributed by atoms with van der Waals surface area (Å²) in [4.78, 5) is 33.5. The predicted octanol–water partition coefficient (Wildman–Crippen LogP) is 5.77. The zero-order chi connectivity index (χ0) is 33.2. The first-order valence-corrected chi connectivity index (χ1v) is 16.2. The van der Waals surface area contributed by atoms with Gasteiger partial charge in [-0.3, -0.25) is 9.36 Å². The van der Waals surface area contributed by atoms with E-state index >= 15 is 0 Å². The van der Waals surface area contributed by atoms with Gasteiger partial charge in [0.1, 0.15) is 12.4 Å². The first-order chi connectivity index (χ1) is 23.4. The molecule has 48 heavy (non-hydrogen) atoms. The van der Waals surface area contributed by atoms with Gasteiger partial charge in [0.25, 0.3) is 5.56 Å². The maximum atomic E-state index is 14.4. The number of aromatic nitrogens is 1. The molecule has 0 unspecified atom stereocenters. The maximum Gasteiger partial charge on any atom is 0.338 e. The SMILES string of the molecule is CCOC(=O)C1=C(c2ccccc2)N=c2s/c(=C/c3cc(Cl)ccc3OCc3ccc(C#N)cc3)c(=O)n2[C@H]1c1ccc2c(c1)OCO2. The Morgan fingerprint density at radius 1 is 1.06 bits per heavy atom. The Kier molecular flexibility index (Phi) is 8.55. The highest BCUT2D eigenvalue weighted by atomic mass is 35.5. The van der Waals surface area contributed by atoms with E-state index in [-0.39, 0.29) is 31.1 Å². The molecule has 0 amide bonds. The van der Waals surface area contributed by atoms with Gasteiger partial charge in [-0.15, -0.1) is 0 Å². The van der Waals surface area contributed by atoms with Crippen molar-refractivity contribution in [1.82, 2.24) is 4.57 Å². The predicted molar refractivity (Wildman–Crippen MR) is 181 cm³/mol.